The molecule has 0 aromatic heterocycles. The Balaban J connectivity index is 1.77. The highest BCUT2D eigenvalue weighted by Gasteiger charge is 2.25. The third-order valence-electron chi connectivity index (χ3n) is 3.73. The molecule has 3 rings (SSSR count). The highest BCUT2D eigenvalue weighted by Crippen LogP contribution is 2.27. The van der Waals surface area contributed by atoms with Crippen molar-refractivity contribution in [2.24, 2.45) is 0 Å². The molecule has 0 bridgehead atoms. The highest BCUT2D eigenvalue weighted by molar-refractivity contribution is 5.98. The van der Waals surface area contributed by atoms with Gasteiger partial charge in [0.1, 0.15) is 0 Å². The first-order chi connectivity index (χ1) is 10.2. The number of amides is 1. The van der Waals surface area contributed by atoms with Gasteiger partial charge >= 0.3 is 0 Å². The van der Waals surface area contributed by atoms with Crippen molar-refractivity contribution in [3.63, 3.8) is 0 Å². The van der Waals surface area contributed by atoms with Crippen molar-refractivity contribution in [1.82, 2.24) is 5.32 Å². The molecule has 0 radical (unpaired) electrons. The van der Waals surface area contributed by atoms with E-state index in [-0.39, 0.29) is 11.9 Å². The molecule has 2 aromatic carbocycles. The number of hydrogen-bond acceptors (Lipinski definition) is 2. The Kier molecular flexibility index (Phi) is 4.02. The van der Waals surface area contributed by atoms with Crippen LogP contribution in [-0.2, 0) is 4.79 Å². The molecule has 1 aliphatic rings. The Labute approximate surface area is 125 Å². The maximum Gasteiger partial charge on any atom is 0.241 e. The van der Waals surface area contributed by atoms with Crippen LogP contribution in [0.5, 0.6) is 0 Å². The van der Waals surface area contributed by atoms with E-state index in [1.54, 1.807) is 0 Å². The van der Waals surface area contributed by atoms with E-state index in [9.17, 15) is 4.79 Å². The van der Waals surface area contributed by atoms with Crippen molar-refractivity contribution >= 4 is 11.6 Å². The molecule has 1 atom stereocenters. The predicted molar refractivity (Wildman–Crippen MR) is 86.1 cm³/mol. The first-order valence-corrected chi connectivity index (χ1v) is 7.45. The van der Waals surface area contributed by atoms with E-state index in [0.717, 1.165) is 16.8 Å². The molecular formula is C18H20N2O. The summed E-state index contributed by atoms with van der Waals surface area (Å²) in [5, 5.41) is 6.36. The van der Waals surface area contributed by atoms with Crippen molar-refractivity contribution in [3.05, 3.63) is 54.6 Å². The monoisotopic (exact) mass is 280 g/mol. The molecule has 0 saturated heterocycles. The van der Waals surface area contributed by atoms with Gasteiger partial charge in [-0.3, -0.25) is 4.79 Å². The van der Waals surface area contributed by atoms with Crippen LogP contribution < -0.4 is 10.6 Å². The van der Waals surface area contributed by atoms with E-state index in [0.29, 0.717) is 6.04 Å². The van der Waals surface area contributed by atoms with Crippen molar-refractivity contribution in [2.75, 3.05) is 5.32 Å². The Morgan fingerprint density at radius 3 is 2.43 bits per heavy atom. The molecule has 0 aliphatic heterocycles. The van der Waals surface area contributed by atoms with Crippen LogP contribution in [0.3, 0.4) is 0 Å². The second kappa shape index (κ2) is 6.10. The summed E-state index contributed by atoms with van der Waals surface area (Å²) in [7, 11) is 0. The first kappa shape index (κ1) is 13.8. The molecule has 108 valence electrons. The summed E-state index contributed by atoms with van der Waals surface area (Å²) < 4.78 is 0. The SMILES string of the molecule is CC(NC1CC1)C(=O)Nc1ccccc1-c1ccccc1. The molecule has 1 aliphatic carbocycles. The average molecular weight is 280 g/mol. The molecule has 3 nitrogen and oxygen atoms in total. The second-order valence-electron chi connectivity index (χ2n) is 5.56. The molecule has 1 amide bonds. The average Bonchev–Trinajstić information content (AvgIpc) is 3.32. The van der Waals surface area contributed by atoms with Crippen molar-refractivity contribution in [1.29, 1.82) is 0 Å². The van der Waals surface area contributed by atoms with Gasteiger partial charge in [0.2, 0.25) is 5.91 Å². The predicted octanol–water partition coefficient (Wildman–Crippen LogP) is 3.43. The number of benzene rings is 2. The summed E-state index contributed by atoms with van der Waals surface area (Å²) >= 11 is 0. The lowest BCUT2D eigenvalue weighted by Crippen LogP contribution is -2.39. The Hall–Kier alpha value is -2.13. The summed E-state index contributed by atoms with van der Waals surface area (Å²) in [6, 6.07) is 18.4. The fraction of sp³-hybridized carbons (Fsp3) is 0.278. The molecule has 0 heterocycles. The number of para-hydroxylation sites is 1. The van der Waals surface area contributed by atoms with Crippen LogP contribution in [0.4, 0.5) is 5.69 Å². The van der Waals surface area contributed by atoms with E-state index < -0.39 is 0 Å². The minimum absolute atomic E-state index is 0.0188. The summed E-state index contributed by atoms with van der Waals surface area (Å²) in [6.45, 7) is 1.92. The smallest absolute Gasteiger partial charge is 0.241 e. The maximum atomic E-state index is 12.3. The lowest BCUT2D eigenvalue weighted by molar-refractivity contribution is -0.117. The fourth-order valence-corrected chi connectivity index (χ4v) is 2.38. The van der Waals surface area contributed by atoms with Gasteiger partial charge in [0.25, 0.3) is 0 Å². The molecule has 1 unspecified atom stereocenters. The number of hydrogen-bond donors (Lipinski definition) is 2. The molecule has 1 fully saturated rings. The van der Waals surface area contributed by atoms with E-state index in [2.05, 4.69) is 22.8 Å². The number of rotatable bonds is 5. The lowest BCUT2D eigenvalue weighted by Gasteiger charge is -2.16. The summed E-state index contributed by atoms with van der Waals surface area (Å²) in [5.41, 5.74) is 3.01. The molecular weight excluding hydrogens is 260 g/mol. The Morgan fingerprint density at radius 1 is 1.05 bits per heavy atom. The van der Waals surface area contributed by atoms with E-state index in [1.807, 2.05) is 49.4 Å². The maximum absolute atomic E-state index is 12.3. The van der Waals surface area contributed by atoms with Gasteiger partial charge in [-0.2, -0.15) is 0 Å². The first-order valence-electron chi connectivity index (χ1n) is 7.45. The zero-order valence-corrected chi connectivity index (χ0v) is 12.2. The van der Waals surface area contributed by atoms with Crippen LogP contribution in [0.2, 0.25) is 0 Å². The van der Waals surface area contributed by atoms with E-state index in [1.165, 1.54) is 12.8 Å². The van der Waals surface area contributed by atoms with Crippen LogP contribution in [0.1, 0.15) is 19.8 Å². The van der Waals surface area contributed by atoms with Crippen molar-refractivity contribution < 1.29 is 4.79 Å². The zero-order chi connectivity index (χ0) is 14.7. The van der Waals surface area contributed by atoms with Gasteiger partial charge in [0, 0.05) is 17.3 Å². The molecule has 1 saturated carbocycles. The van der Waals surface area contributed by atoms with Crippen molar-refractivity contribution in [2.45, 2.75) is 31.8 Å². The zero-order valence-electron chi connectivity index (χ0n) is 12.2. The van der Waals surface area contributed by atoms with Crippen LogP contribution in [0, 0.1) is 0 Å². The van der Waals surface area contributed by atoms with Gasteiger partial charge in [0.05, 0.1) is 6.04 Å². The number of carbonyl (C=O) groups is 1. The second-order valence-corrected chi connectivity index (χ2v) is 5.56. The highest BCUT2D eigenvalue weighted by atomic mass is 16.2. The topological polar surface area (TPSA) is 41.1 Å². The third kappa shape index (κ3) is 3.50. The van der Waals surface area contributed by atoms with Gasteiger partial charge in [-0.1, -0.05) is 48.5 Å². The molecule has 21 heavy (non-hydrogen) atoms. The van der Waals surface area contributed by atoms with Crippen molar-refractivity contribution in [3.8, 4) is 11.1 Å². The summed E-state index contributed by atoms with van der Waals surface area (Å²) in [4.78, 5) is 12.3. The quantitative estimate of drug-likeness (QED) is 0.881. The lowest BCUT2D eigenvalue weighted by atomic mass is 10.0. The number of nitrogens with one attached hydrogen (secondary N) is 2. The molecule has 3 heteroatoms. The molecule has 0 spiro atoms. The molecule has 2 aromatic rings. The van der Waals surface area contributed by atoms with E-state index >= 15 is 0 Å². The Bertz CT molecular complexity index is 620. The number of carbonyl (C=O) groups excluding carboxylic acids is 1. The third-order valence-corrected chi connectivity index (χ3v) is 3.73. The van der Waals surface area contributed by atoms with Gasteiger partial charge in [-0.15, -0.1) is 0 Å². The van der Waals surface area contributed by atoms with Crippen LogP contribution in [0.25, 0.3) is 11.1 Å². The van der Waals surface area contributed by atoms with Gasteiger partial charge in [0.15, 0.2) is 0 Å². The summed E-state index contributed by atoms with van der Waals surface area (Å²) in [5.74, 6) is 0.0188. The standard InChI is InChI=1S/C18H20N2O/c1-13(19-15-11-12-15)18(21)20-17-10-6-5-9-16(17)14-7-3-2-4-8-14/h2-10,13,15,19H,11-12H2,1H3,(H,20,21). The van der Waals surface area contributed by atoms with Gasteiger partial charge < -0.3 is 10.6 Å². The normalized spacial score (nSPS) is 15.5. The summed E-state index contributed by atoms with van der Waals surface area (Å²) in [6.07, 6.45) is 2.36. The largest absolute Gasteiger partial charge is 0.324 e. The minimum atomic E-state index is -0.165. The van der Waals surface area contributed by atoms with Gasteiger partial charge in [-0.05, 0) is 31.4 Å². The van der Waals surface area contributed by atoms with E-state index in [4.69, 9.17) is 0 Å². The van der Waals surface area contributed by atoms with Crippen LogP contribution in [-0.4, -0.2) is 18.0 Å². The fourth-order valence-electron chi connectivity index (χ4n) is 2.38. The molecule has 2 N–H and O–H groups in total. The van der Waals surface area contributed by atoms with Gasteiger partial charge in [-0.25, -0.2) is 0 Å². The number of anilines is 1. The Morgan fingerprint density at radius 2 is 1.71 bits per heavy atom. The van der Waals surface area contributed by atoms with Crippen LogP contribution >= 0.6 is 0 Å². The minimum Gasteiger partial charge on any atom is -0.324 e. The van der Waals surface area contributed by atoms with Crippen LogP contribution in [0.15, 0.2) is 54.6 Å².